The number of thioether (sulfide) groups is 1. The number of aliphatic carboxylic acids is 1. The summed E-state index contributed by atoms with van der Waals surface area (Å²) in [5.74, 6) is -1.28. The van der Waals surface area contributed by atoms with E-state index in [1.807, 2.05) is 32.0 Å². The van der Waals surface area contributed by atoms with Crippen molar-refractivity contribution in [2.24, 2.45) is 4.99 Å². The predicted molar refractivity (Wildman–Crippen MR) is 74.8 cm³/mol. The second kappa shape index (κ2) is 5.44. The van der Waals surface area contributed by atoms with Crippen molar-refractivity contribution in [2.45, 2.75) is 25.5 Å². The van der Waals surface area contributed by atoms with E-state index in [0.29, 0.717) is 5.17 Å². The molecule has 1 amide bonds. The minimum atomic E-state index is -0.986. The number of carbonyl (C=O) groups excluding carboxylic acids is 1. The van der Waals surface area contributed by atoms with Crippen molar-refractivity contribution in [2.75, 3.05) is 0 Å². The Morgan fingerprint density at radius 2 is 2.00 bits per heavy atom. The van der Waals surface area contributed by atoms with Crippen LogP contribution in [0.15, 0.2) is 23.2 Å². The number of aliphatic imine (C=N–C) groups is 1. The average Bonchev–Trinajstić information content (AvgIpc) is 2.56. The number of nitrogens with one attached hydrogen (secondary N) is 1. The van der Waals surface area contributed by atoms with Crippen LogP contribution in [0.4, 0.5) is 5.69 Å². The van der Waals surface area contributed by atoms with E-state index in [-0.39, 0.29) is 12.3 Å². The summed E-state index contributed by atoms with van der Waals surface area (Å²) < 4.78 is 0. The normalized spacial score (nSPS) is 20.6. The van der Waals surface area contributed by atoms with Crippen molar-refractivity contribution < 1.29 is 14.7 Å². The molecule has 0 aliphatic carbocycles. The van der Waals surface area contributed by atoms with Crippen LogP contribution in [0, 0.1) is 13.8 Å². The van der Waals surface area contributed by atoms with E-state index in [4.69, 9.17) is 5.11 Å². The minimum Gasteiger partial charge on any atom is -0.481 e. The molecule has 1 fully saturated rings. The molecule has 2 rings (SSSR count). The van der Waals surface area contributed by atoms with Gasteiger partial charge in [0.25, 0.3) is 0 Å². The number of carboxylic acids is 1. The van der Waals surface area contributed by atoms with E-state index in [0.717, 1.165) is 28.6 Å². The second-order valence-corrected chi connectivity index (χ2v) is 5.65. The summed E-state index contributed by atoms with van der Waals surface area (Å²) in [4.78, 5) is 26.5. The van der Waals surface area contributed by atoms with Gasteiger partial charge in [-0.25, -0.2) is 4.99 Å². The van der Waals surface area contributed by atoms with Crippen molar-refractivity contribution in [3.05, 3.63) is 29.3 Å². The predicted octanol–water partition coefficient (Wildman–Crippen LogP) is 2.00. The minimum absolute atomic E-state index is 0.192. The fourth-order valence-corrected chi connectivity index (χ4v) is 2.86. The Morgan fingerprint density at radius 1 is 1.37 bits per heavy atom. The van der Waals surface area contributed by atoms with E-state index in [2.05, 4.69) is 10.3 Å². The van der Waals surface area contributed by atoms with Crippen LogP contribution < -0.4 is 5.32 Å². The van der Waals surface area contributed by atoms with Crippen LogP contribution >= 0.6 is 11.8 Å². The van der Waals surface area contributed by atoms with Gasteiger partial charge in [0.15, 0.2) is 5.17 Å². The topological polar surface area (TPSA) is 78.8 Å². The first kappa shape index (κ1) is 13.6. The zero-order chi connectivity index (χ0) is 14.0. The van der Waals surface area contributed by atoms with E-state index in [9.17, 15) is 9.59 Å². The summed E-state index contributed by atoms with van der Waals surface area (Å²) in [6.07, 6.45) is -0.192. The molecule has 100 valence electrons. The van der Waals surface area contributed by atoms with Gasteiger partial charge in [-0.05, 0) is 37.1 Å². The fraction of sp³-hybridized carbons (Fsp3) is 0.308. The van der Waals surface area contributed by atoms with Crippen LogP contribution in [-0.4, -0.2) is 27.4 Å². The molecular weight excluding hydrogens is 264 g/mol. The molecule has 2 N–H and O–H groups in total. The van der Waals surface area contributed by atoms with Gasteiger partial charge in [0.2, 0.25) is 5.91 Å². The molecule has 1 aromatic rings. The lowest BCUT2D eigenvalue weighted by molar-refractivity contribution is -0.138. The summed E-state index contributed by atoms with van der Waals surface area (Å²) in [7, 11) is 0. The smallest absolute Gasteiger partial charge is 0.305 e. The lowest BCUT2D eigenvalue weighted by Crippen LogP contribution is -2.26. The first-order valence-corrected chi connectivity index (χ1v) is 6.68. The summed E-state index contributed by atoms with van der Waals surface area (Å²) in [5, 5.41) is 11.2. The van der Waals surface area contributed by atoms with Gasteiger partial charge >= 0.3 is 5.97 Å². The van der Waals surface area contributed by atoms with E-state index < -0.39 is 11.2 Å². The highest BCUT2D eigenvalue weighted by Gasteiger charge is 2.31. The van der Waals surface area contributed by atoms with E-state index in [1.54, 1.807) is 0 Å². The van der Waals surface area contributed by atoms with Crippen LogP contribution in [0.1, 0.15) is 17.5 Å². The Kier molecular flexibility index (Phi) is 3.90. The van der Waals surface area contributed by atoms with Crippen molar-refractivity contribution in [3.8, 4) is 0 Å². The summed E-state index contributed by atoms with van der Waals surface area (Å²) in [5.41, 5.74) is 2.95. The molecule has 1 unspecified atom stereocenters. The Balaban J connectivity index is 2.17. The van der Waals surface area contributed by atoms with Gasteiger partial charge in [0, 0.05) is 0 Å². The molecule has 6 heteroatoms. The molecule has 1 aromatic carbocycles. The third-order valence-electron chi connectivity index (χ3n) is 2.57. The molecule has 1 aliphatic rings. The maximum absolute atomic E-state index is 11.6. The average molecular weight is 278 g/mol. The van der Waals surface area contributed by atoms with Gasteiger partial charge in [-0.15, -0.1) is 0 Å². The maximum Gasteiger partial charge on any atom is 0.305 e. The van der Waals surface area contributed by atoms with Gasteiger partial charge in [-0.3, -0.25) is 9.59 Å². The Morgan fingerprint density at radius 3 is 2.58 bits per heavy atom. The van der Waals surface area contributed by atoms with Gasteiger partial charge in [0.1, 0.15) is 5.25 Å². The molecule has 5 nitrogen and oxygen atoms in total. The van der Waals surface area contributed by atoms with Crippen molar-refractivity contribution in [3.63, 3.8) is 0 Å². The standard InChI is InChI=1S/C13H14N2O3S/c1-7-3-8(2)5-9(4-7)14-13-15-12(18)10(19-13)6-11(16)17/h3-5,10H,6H2,1-2H3,(H,16,17)(H,14,15,18). The molecule has 0 saturated carbocycles. The third kappa shape index (κ3) is 3.57. The Bertz CT molecular complexity index is 549. The summed E-state index contributed by atoms with van der Waals surface area (Å²) >= 11 is 1.16. The number of hydrogen-bond acceptors (Lipinski definition) is 4. The summed E-state index contributed by atoms with van der Waals surface area (Å²) in [6.45, 7) is 3.95. The van der Waals surface area contributed by atoms with Gasteiger partial charge in [-0.2, -0.15) is 0 Å². The first-order valence-electron chi connectivity index (χ1n) is 5.80. The van der Waals surface area contributed by atoms with Crippen molar-refractivity contribution >= 4 is 34.5 Å². The second-order valence-electron chi connectivity index (χ2n) is 4.46. The number of benzene rings is 1. The quantitative estimate of drug-likeness (QED) is 0.886. The fourth-order valence-electron chi connectivity index (χ4n) is 1.88. The zero-order valence-electron chi connectivity index (χ0n) is 10.6. The van der Waals surface area contributed by atoms with E-state index >= 15 is 0 Å². The molecule has 1 aliphatic heterocycles. The van der Waals surface area contributed by atoms with Crippen LogP contribution in [0.3, 0.4) is 0 Å². The molecule has 1 heterocycles. The van der Waals surface area contributed by atoms with Gasteiger partial charge in [-0.1, -0.05) is 17.8 Å². The van der Waals surface area contributed by atoms with Crippen LogP contribution in [0.25, 0.3) is 0 Å². The van der Waals surface area contributed by atoms with Crippen LogP contribution in [0.2, 0.25) is 0 Å². The largest absolute Gasteiger partial charge is 0.481 e. The highest BCUT2D eigenvalue weighted by Crippen LogP contribution is 2.26. The molecule has 1 saturated heterocycles. The molecule has 0 aromatic heterocycles. The number of hydrogen-bond donors (Lipinski definition) is 2. The SMILES string of the molecule is Cc1cc(C)cc(N=C2NC(=O)C(CC(=O)O)S2)c1. The number of carbonyl (C=O) groups is 2. The monoisotopic (exact) mass is 278 g/mol. The molecule has 1 atom stereocenters. The lowest BCUT2D eigenvalue weighted by Gasteiger charge is -2.01. The van der Waals surface area contributed by atoms with Gasteiger partial charge < -0.3 is 10.4 Å². The lowest BCUT2D eigenvalue weighted by atomic mass is 10.1. The zero-order valence-corrected chi connectivity index (χ0v) is 11.5. The van der Waals surface area contributed by atoms with Crippen LogP contribution in [-0.2, 0) is 9.59 Å². The highest BCUT2D eigenvalue weighted by molar-refractivity contribution is 8.15. The van der Waals surface area contributed by atoms with E-state index in [1.165, 1.54) is 0 Å². The number of nitrogens with zero attached hydrogens (tertiary/aromatic N) is 1. The van der Waals surface area contributed by atoms with Crippen molar-refractivity contribution in [1.29, 1.82) is 0 Å². The number of amides is 1. The highest BCUT2D eigenvalue weighted by atomic mass is 32.2. The third-order valence-corrected chi connectivity index (χ3v) is 3.66. The van der Waals surface area contributed by atoms with Gasteiger partial charge in [0.05, 0.1) is 12.1 Å². The number of amidine groups is 1. The summed E-state index contributed by atoms with van der Waals surface area (Å²) in [6, 6.07) is 5.87. The number of aryl methyl sites for hydroxylation is 2. The molecule has 0 bridgehead atoms. The number of carboxylic acid groups (broad SMARTS) is 1. The molecule has 0 radical (unpaired) electrons. The Hall–Kier alpha value is -1.82. The van der Waals surface area contributed by atoms with Crippen molar-refractivity contribution in [1.82, 2.24) is 5.32 Å². The molecule has 19 heavy (non-hydrogen) atoms. The first-order chi connectivity index (χ1) is 8.94. The molecular formula is C13H14N2O3S. The number of rotatable bonds is 3. The Labute approximate surface area is 115 Å². The molecule has 0 spiro atoms. The van der Waals surface area contributed by atoms with Crippen LogP contribution in [0.5, 0.6) is 0 Å². The maximum atomic E-state index is 11.6.